The third-order valence-electron chi connectivity index (χ3n) is 3.98. The van der Waals surface area contributed by atoms with Crippen molar-refractivity contribution in [2.45, 2.75) is 44.2 Å². The zero-order chi connectivity index (χ0) is 12.4. The average molecular weight is 263 g/mol. The number of benzene rings is 1. The minimum atomic E-state index is -0.551. The molecule has 1 saturated heterocycles. The lowest BCUT2D eigenvalue weighted by Crippen LogP contribution is -2.35. The highest BCUT2D eigenvalue weighted by molar-refractivity contribution is 7.85. The van der Waals surface area contributed by atoms with Gasteiger partial charge in [0.2, 0.25) is 0 Å². The van der Waals surface area contributed by atoms with Gasteiger partial charge in [-0.2, -0.15) is 0 Å². The molecule has 0 aromatic heterocycles. The Bertz CT molecular complexity index is 432. The highest BCUT2D eigenvalue weighted by Crippen LogP contribution is 2.40. The van der Waals surface area contributed by atoms with E-state index < -0.39 is 10.8 Å². The topological polar surface area (TPSA) is 29.1 Å². The van der Waals surface area contributed by atoms with Crippen molar-refractivity contribution in [3.8, 4) is 0 Å². The van der Waals surface area contributed by atoms with Gasteiger partial charge in [0, 0.05) is 34.9 Å². The van der Waals surface area contributed by atoms with Crippen LogP contribution in [0.4, 0.5) is 0 Å². The minimum absolute atomic E-state index is 0.551. The Balaban J connectivity index is 1.53. The van der Waals surface area contributed by atoms with E-state index in [0.717, 1.165) is 36.8 Å². The molecule has 0 radical (unpaired) electrons. The van der Waals surface area contributed by atoms with Crippen molar-refractivity contribution >= 4 is 10.8 Å². The van der Waals surface area contributed by atoms with Gasteiger partial charge in [0.25, 0.3) is 0 Å². The average Bonchev–Trinajstić information content (AvgIpc) is 3.23. The monoisotopic (exact) mass is 263 g/mol. The van der Waals surface area contributed by atoms with E-state index in [0.29, 0.717) is 6.04 Å². The van der Waals surface area contributed by atoms with Gasteiger partial charge in [-0.15, -0.1) is 0 Å². The second-order valence-electron chi connectivity index (χ2n) is 5.52. The van der Waals surface area contributed by atoms with Gasteiger partial charge in [-0.3, -0.25) is 4.21 Å². The molecule has 0 amide bonds. The van der Waals surface area contributed by atoms with E-state index in [1.165, 1.54) is 24.0 Å². The lowest BCUT2D eigenvalue weighted by molar-refractivity contribution is 0.475. The van der Waals surface area contributed by atoms with Crippen LogP contribution < -0.4 is 5.32 Å². The fraction of sp³-hybridized carbons (Fsp3) is 0.600. The molecule has 1 saturated carbocycles. The molecule has 1 aliphatic carbocycles. The summed E-state index contributed by atoms with van der Waals surface area (Å²) in [7, 11) is -0.551. The molecule has 2 nitrogen and oxygen atoms in total. The first-order valence-electron chi connectivity index (χ1n) is 6.98. The van der Waals surface area contributed by atoms with Gasteiger partial charge in [0.1, 0.15) is 0 Å². The molecular formula is C15H21NOS. The van der Waals surface area contributed by atoms with Crippen molar-refractivity contribution in [3.05, 3.63) is 35.4 Å². The van der Waals surface area contributed by atoms with Gasteiger partial charge in [-0.25, -0.2) is 0 Å². The summed E-state index contributed by atoms with van der Waals surface area (Å²) in [6, 6.07) is 9.56. The quantitative estimate of drug-likeness (QED) is 0.904. The summed E-state index contributed by atoms with van der Waals surface area (Å²) in [6.45, 7) is 0.956. The zero-order valence-electron chi connectivity index (χ0n) is 10.7. The molecule has 98 valence electrons. The van der Waals surface area contributed by atoms with Crippen LogP contribution >= 0.6 is 0 Å². The Hall–Kier alpha value is -0.670. The first-order chi connectivity index (χ1) is 8.81. The first-order valence-corrected chi connectivity index (χ1v) is 8.47. The summed E-state index contributed by atoms with van der Waals surface area (Å²) in [6.07, 6.45) is 4.86. The Morgan fingerprint density at radius 2 is 1.94 bits per heavy atom. The van der Waals surface area contributed by atoms with Crippen molar-refractivity contribution < 1.29 is 4.21 Å². The molecule has 1 heterocycles. The molecule has 18 heavy (non-hydrogen) atoms. The number of nitrogens with one attached hydrogen (secondary N) is 1. The largest absolute Gasteiger partial charge is 0.310 e. The molecule has 0 atom stereocenters. The van der Waals surface area contributed by atoms with E-state index >= 15 is 0 Å². The zero-order valence-corrected chi connectivity index (χ0v) is 11.5. The molecule has 3 heteroatoms. The Labute approximate surface area is 112 Å². The fourth-order valence-corrected chi connectivity index (χ4v) is 3.93. The Kier molecular flexibility index (Phi) is 3.80. The lowest BCUT2D eigenvalue weighted by Gasteiger charge is -2.22. The van der Waals surface area contributed by atoms with Crippen LogP contribution in [0, 0.1) is 0 Å². The molecule has 1 aliphatic heterocycles. The number of rotatable bonds is 4. The third kappa shape index (κ3) is 3.21. The highest BCUT2D eigenvalue weighted by atomic mass is 32.2. The van der Waals surface area contributed by atoms with Crippen molar-refractivity contribution in [1.29, 1.82) is 0 Å². The SMILES string of the molecule is O=S1CCC(NCc2cccc(C3CC3)c2)CC1. The van der Waals surface area contributed by atoms with E-state index in [4.69, 9.17) is 0 Å². The molecule has 1 aromatic rings. The summed E-state index contributed by atoms with van der Waals surface area (Å²) in [5, 5.41) is 3.61. The lowest BCUT2D eigenvalue weighted by atomic mass is 10.1. The van der Waals surface area contributed by atoms with Crippen molar-refractivity contribution in [1.82, 2.24) is 5.32 Å². The van der Waals surface area contributed by atoms with Crippen molar-refractivity contribution in [2.24, 2.45) is 0 Å². The van der Waals surface area contributed by atoms with Crippen LogP contribution in [-0.2, 0) is 17.3 Å². The number of hydrogen-bond acceptors (Lipinski definition) is 2. The third-order valence-corrected chi connectivity index (χ3v) is 5.36. The maximum absolute atomic E-state index is 11.3. The number of hydrogen-bond donors (Lipinski definition) is 1. The molecule has 0 unspecified atom stereocenters. The molecule has 3 rings (SSSR count). The Morgan fingerprint density at radius 3 is 2.67 bits per heavy atom. The van der Waals surface area contributed by atoms with E-state index in [1.807, 2.05) is 0 Å². The second-order valence-corrected chi connectivity index (χ2v) is 7.22. The predicted octanol–water partition coefficient (Wildman–Crippen LogP) is 2.56. The molecule has 0 bridgehead atoms. The molecule has 0 spiro atoms. The molecule has 1 aromatic carbocycles. The normalized spacial score (nSPS) is 28.2. The second kappa shape index (κ2) is 5.54. The minimum Gasteiger partial charge on any atom is -0.310 e. The van der Waals surface area contributed by atoms with Gasteiger partial charge in [0.15, 0.2) is 0 Å². The van der Waals surface area contributed by atoms with Gasteiger partial charge in [-0.05, 0) is 42.7 Å². The standard InChI is InChI=1S/C15H21NOS/c17-18-8-6-15(7-9-18)16-11-12-2-1-3-14(10-12)13-4-5-13/h1-3,10,13,15-16H,4-9,11H2. The molecule has 2 fully saturated rings. The summed E-state index contributed by atoms with van der Waals surface area (Å²) in [5.74, 6) is 2.58. The van der Waals surface area contributed by atoms with Crippen LogP contribution in [0.15, 0.2) is 24.3 Å². The van der Waals surface area contributed by atoms with Crippen LogP contribution in [0.1, 0.15) is 42.7 Å². The summed E-state index contributed by atoms with van der Waals surface area (Å²) < 4.78 is 11.3. The Morgan fingerprint density at radius 1 is 1.17 bits per heavy atom. The smallest absolute Gasteiger partial charge is 0.0249 e. The van der Waals surface area contributed by atoms with Crippen molar-refractivity contribution in [3.63, 3.8) is 0 Å². The van der Waals surface area contributed by atoms with E-state index in [-0.39, 0.29) is 0 Å². The van der Waals surface area contributed by atoms with Crippen LogP contribution in [0.2, 0.25) is 0 Å². The van der Waals surface area contributed by atoms with Crippen molar-refractivity contribution in [2.75, 3.05) is 11.5 Å². The predicted molar refractivity (Wildman–Crippen MR) is 76.2 cm³/mol. The van der Waals surface area contributed by atoms with E-state index in [2.05, 4.69) is 29.6 Å². The molecule has 1 N–H and O–H groups in total. The summed E-state index contributed by atoms with van der Waals surface area (Å²) >= 11 is 0. The molecular weight excluding hydrogens is 242 g/mol. The summed E-state index contributed by atoms with van der Waals surface area (Å²) in [5.41, 5.74) is 2.91. The van der Waals surface area contributed by atoms with Gasteiger partial charge < -0.3 is 5.32 Å². The van der Waals surface area contributed by atoms with Gasteiger partial charge in [0.05, 0.1) is 0 Å². The van der Waals surface area contributed by atoms with Crippen LogP contribution in [0.3, 0.4) is 0 Å². The van der Waals surface area contributed by atoms with E-state index in [9.17, 15) is 4.21 Å². The van der Waals surface area contributed by atoms with Crippen LogP contribution in [0.25, 0.3) is 0 Å². The van der Waals surface area contributed by atoms with Crippen LogP contribution in [0.5, 0.6) is 0 Å². The molecule has 2 aliphatic rings. The fourth-order valence-electron chi connectivity index (χ4n) is 2.63. The van der Waals surface area contributed by atoms with Gasteiger partial charge in [-0.1, -0.05) is 24.3 Å². The first kappa shape index (κ1) is 12.4. The maximum atomic E-state index is 11.3. The highest BCUT2D eigenvalue weighted by Gasteiger charge is 2.23. The summed E-state index contributed by atoms with van der Waals surface area (Å²) in [4.78, 5) is 0. The maximum Gasteiger partial charge on any atom is 0.0249 e. The van der Waals surface area contributed by atoms with Crippen LogP contribution in [-0.4, -0.2) is 21.8 Å². The van der Waals surface area contributed by atoms with Gasteiger partial charge >= 0.3 is 0 Å². The van der Waals surface area contributed by atoms with E-state index in [1.54, 1.807) is 0 Å².